The van der Waals surface area contributed by atoms with E-state index in [1.807, 2.05) is 36.4 Å². The number of rotatable bonds is 6. The fourth-order valence-electron chi connectivity index (χ4n) is 2.11. The quantitative estimate of drug-likeness (QED) is 0.865. The standard InChI is InChI=1S/C16H19NO2/c1-19-16-5-3-2-4-14(16)12-15(18)7-6-13-8-10-17-11-9-13/h2-5,8-11,15,18H,6-7,12H2,1H3. The Kier molecular flexibility index (Phi) is 4.93. The molecule has 0 fully saturated rings. The van der Waals surface area contributed by atoms with Crippen LogP contribution in [0.4, 0.5) is 0 Å². The number of nitrogens with zero attached hydrogens (tertiary/aromatic N) is 1. The summed E-state index contributed by atoms with van der Waals surface area (Å²) < 4.78 is 5.29. The van der Waals surface area contributed by atoms with Crippen molar-refractivity contribution in [1.29, 1.82) is 0 Å². The number of hydrogen-bond donors (Lipinski definition) is 1. The summed E-state index contributed by atoms with van der Waals surface area (Å²) in [5.41, 5.74) is 2.25. The van der Waals surface area contributed by atoms with E-state index in [0.717, 1.165) is 24.2 Å². The summed E-state index contributed by atoms with van der Waals surface area (Å²) in [5, 5.41) is 10.1. The molecule has 1 aromatic carbocycles. The molecule has 3 heteroatoms. The molecule has 2 aromatic rings. The van der Waals surface area contributed by atoms with Crippen molar-refractivity contribution in [3.63, 3.8) is 0 Å². The monoisotopic (exact) mass is 257 g/mol. The lowest BCUT2D eigenvalue weighted by Crippen LogP contribution is -2.12. The molecule has 0 aliphatic rings. The van der Waals surface area contributed by atoms with Gasteiger partial charge in [-0.05, 0) is 42.2 Å². The van der Waals surface area contributed by atoms with E-state index < -0.39 is 0 Å². The van der Waals surface area contributed by atoms with Gasteiger partial charge in [0.1, 0.15) is 5.75 Å². The van der Waals surface area contributed by atoms with Crippen molar-refractivity contribution in [3.05, 3.63) is 59.9 Å². The maximum absolute atomic E-state index is 10.1. The van der Waals surface area contributed by atoms with Crippen molar-refractivity contribution in [2.24, 2.45) is 0 Å². The number of methoxy groups -OCH3 is 1. The van der Waals surface area contributed by atoms with Crippen molar-refractivity contribution in [1.82, 2.24) is 4.98 Å². The third kappa shape index (κ3) is 4.07. The Morgan fingerprint density at radius 2 is 1.89 bits per heavy atom. The molecule has 0 amide bonds. The van der Waals surface area contributed by atoms with Gasteiger partial charge in [-0.2, -0.15) is 0 Å². The second-order valence-electron chi connectivity index (χ2n) is 4.56. The zero-order valence-electron chi connectivity index (χ0n) is 11.1. The Hall–Kier alpha value is -1.87. The number of benzene rings is 1. The molecule has 0 bridgehead atoms. The van der Waals surface area contributed by atoms with E-state index in [0.29, 0.717) is 6.42 Å². The number of aryl methyl sites for hydroxylation is 1. The fraction of sp³-hybridized carbons (Fsp3) is 0.312. The number of hydrogen-bond acceptors (Lipinski definition) is 3. The van der Waals surface area contributed by atoms with Gasteiger partial charge in [-0.3, -0.25) is 4.98 Å². The van der Waals surface area contributed by atoms with Crippen molar-refractivity contribution in [3.8, 4) is 5.75 Å². The molecule has 0 aliphatic heterocycles. The summed E-state index contributed by atoms with van der Waals surface area (Å²) in [7, 11) is 1.65. The predicted molar refractivity (Wildman–Crippen MR) is 75.3 cm³/mol. The summed E-state index contributed by atoms with van der Waals surface area (Å²) >= 11 is 0. The zero-order chi connectivity index (χ0) is 13.5. The van der Waals surface area contributed by atoms with Gasteiger partial charge in [-0.15, -0.1) is 0 Å². The van der Waals surface area contributed by atoms with E-state index in [4.69, 9.17) is 4.74 Å². The summed E-state index contributed by atoms with van der Waals surface area (Å²) in [4.78, 5) is 3.98. The molecule has 0 aliphatic carbocycles. The smallest absolute Gasteiger partial charge is 0.122 e. The molecular weight excluding hydrogens is 238 g/mol. The Morgan fingerprint density at radius 1 is 1.16 bits per heavy atom. The first-order valence-electron chi connectivity index (χ1n) is 6.48. The van der Waals surface area contributed by atoms with Crippen LogP contribution in [0.25, 0.3) is 0 Å². The van der Waals surface area contributed by atoms with Gasteiger partial charge in [-0.25, -0.2) is 0 Å². The minimum atomic E-state index is -0.357. The van der Waals surface area contributed by atoms with Gasteiger partial charge < -0.3 is 9.84 Å². The highest BCUT2D eigenvalue weighted by atomic mass is 16.5. The summed E-state index contributed by atoms with van der Waals surface area (Å²) in [6, 6.07) is 11.8. The van der Waals surface area contributed by atoms with E-state index in [1.165, 1.54) is 5.56 Å². The van der Waals surface area contributed by atoms with Crippen LogP contribution in [0, 0.1) is 0 Å². The lowest BCUT2D eigenvalue weighted by atomic mass is 10.0. The molecule has 0 spiro atoms. The first-order valence-corrected chi connectivity index (χ1v) is 6.48. The molecule has 1 aromatic heterocycles. The molecule has 2 rings (SSSR count). The molecule has 0 radical (unpaired) electrons. The van der Waals surface area contributed by atoms with Crippen LogP contribution in [0.3, 0.4) is 0 Å². The van der Waals surface area contributed by atoms with Crippen molar-refractivity contribution in [2.45, 2.75) is 25.4 Å². The number of pyridine rings is 1. The molecule has 100 valence electrons. The van der Waals surface area contributed by atoms with Crippen LogP contribution < -0.4 is 4.74 Å². The van der Waals surface area contributed by atoms with Gasteiger partial charge >= 0.3 is 0 Å². The van der Waals surface area contributed by atoms with Gasteiger partial charge in [0.15, 0.2) is 0 Å². The summed E-state index contributed by atoms with van der Waals surface area (Å²) in [5.74, 6) is 0.838. The van der Waals surface area contributed by atoms with E-state index in [1.54, 1.807) is 19.5 Å². The average Bonchev–Trinajstić information content (AvgIpc) is 2.47. The van der Waals surface area contributed by atoms with Gasteiger partial charge in [-0.1, -0.05) is 18.2 Å². The minimum absolute atomic E-state index is 0.357. The Balaban J connectivity index is 1.89. The van der Waals surface area contributed by atoms with Crippen LogP contribution >= 0.6 is 0 Å². The first kappa shape index (κ1) is 13.6. The molecule has 3 nitrogen and oxygen atoms in total. The second-order valence-corrected chi connectivity index (χ2v) is 4.56. The largest absolute Gasteiger partial charge is 0.496 e. The summed E-state index contributed by atoms with van der Waals surface area (Å²) in [6.07, 6.45) is 5.42. The molecule has 1 atom stereocenters. The van der Waals surface area contributed by atoms with Gasteiger partial charge in [0.25, 0.3) is 0 Å². The zero-order valence-corrected chi connectivity index (χ0v) is 11.1. The third-order valence-electron chi connectivity index (χ3n) is 3.16. The van der Waals surface area contributed by atoms with Crippen LogP contribution in [0.1, 0.15) is 17.5 Å². The van der Waals surface area contributed by atoms with E-state index in [9.17, 15) is 5.11 Å². The Morgan fingerprint density at radius 3 is 2.63 bits per heavy atom. The lowest BCUT2D eigenvalue weighted by molar-refractivity contribution is 0.164. The molecule has 0 saturated heterocycles. The number of para-hydroxylation sites is 1. The number of aromatic nitrogens is 1. The van der Waals surface area contributed by atoms with Crippen molar-refractivity contribution >= 4 is 0 Å². The highest BCUT2D eigenvalue weighted by Crippen LogP contribution is 2.20. The van der Waals surface area contributed by atoms with Crippen LogP contribution in [0.15, 0.2) is 48.8 Å². The maximum Gasteiger partial charge on any atom is 0.122 e. The van der Waals surface area contributed by atoms with Gasteiger partial charge in [0, 0.05) is 18.8 Å². The Labute approximate surface area is 113 Å². The van der Waals surface area contributed by atoms with Gasteiger partial charge in [0.2, 0.25) is 0 Å². The number of aliphatic hydroxyl groups is 1. The van der Waals surface area contributed by atoms with Gasteiger partial charge in [0.05, 0.1) is 13.2 Å². The van der Waals surface area contributed by atoms with Crippen LogP contribution in [-0.2, 0) is 12.8 Å². The summed E-state index contributed by atoms with van der Waals surface area (Å²) in [6.45, 7) is 0. The fourth-order valence-corrected chi connectivity index (χ4v) is 2.11. The maximum atomic E-state index is 10.1. The second kappa shape index (κ2) is 6.90. The molecular formula is C16H19NO2. The van der Waals surface area contributed by atoms with E-state index >= 15 is 0 Å². The molecule has 19 heavy (non-hydrogen) atoms. The molecule has 1 heterocycles. The highest BCUT2D eigenvalue weighted by Gasteiger charge is 2.09. The Bertz CT molecular complexity index is 499. The van der Waals surface area contributed by atoms with Crippen LogP contribution in [0.2, 0.25) is 0 Å². The van der Waals surface area contributed by atoms with Crippen molar-refractivity contribution < 1.29 is 9.84 Å². The topological polar surface area (TPSA) is 42.4 Å². The normalized spacial score (nSPS) is 12.1. The van der Waals surface area contributed by atoms with E-state index in [-0.39, 0.29) is 6.10 Å². The van der Waals surface area contributed by atoms with Crippen LogP contribution in [0.5, 0.6) is 5.75 Å². The predicted octanol–water partition coefficient (Wildman–Crippen LogP) is 2.63. The number of ether oxygens (including phenoxy) is 1. The minimum Gasteiger partial charge on any atom is -0.496 e. The van der Waals surface area contributed by atoms with E-state index in [2.05, 4.69) is 4.98 Å². The number of aliphatic hydroxyl groups excluding tert-OH is 1. The lowest BCUT2D eigenvalue weighted by Gasteiger charge is -2.13. The highest BCUT2D eigenvalue weighted by molar-refractivity contribution is 5.33. The third-order valence-corrected chi connectivity index (χ3v) is 3.16. The SMILES string of the molecule is COc1ccccc1CC(O)CCc1ccncc1. The molecule has 1 N–H and O–H groups in total. The van der Waals surface area contributed by atoms with Crippen molar-refractivity contribution in [2.75, 3.05) is 7.11 Å². The molecule has 1 unspecified atom stereocenters. The molecule has 0 saturated carbocycles. The average molecular weight is 257 g/mol. The van der Waals surface area contributed by atoms with Crippen LogP contribution in [-0.4, -0.2) is 23.3 Å². The first-order chi connectivity index (χ1) is 9.29.